The molecular formula is C25H23N7O2. The Bertz CT molecular complexity index is 1500. The van der Waals surface area contributed by atoms with Gasteiger partial charge < -0.3 is 10.1 Å². The van der Waals surface area contributed by atoms with Crippen LogP contribution in [0.2, 0.25) is 0 Å². The lowest BCUT2D eigenvalue weighted by atomic mass is 10.2. The number of hydrogen-bond donors (Lipinski definition) is 1. The van der Waals surface area contributed by atoms with E-state index in [1.165, 1.54) is 0 Å². The van der Waals surface area contributed by atoms with Crippen molar-refractivity contribution >= 4 is 17.2 Å². The van der Waals surface area contributed by atoms with Gasteiger partial charge >= 0.3 is 0 Å². The summed E-state index contributed by atoms with van der Waals surface area (Å²) in [4.78, 5) is 17.3. The van der Waals surface area contributed by atoms with Gasteiger partial charge in [0.25, 0.3) is 5.91 Å². The fourth-order valence-electron chi connectivity index (χ4n) is 3.73. The van der Waals surface area contributed by atoms with E-state index in [0.717, 1.165) is 22.6 Å². The zero-order valence-electron chi connectivity index (χ0n) is 19.3. The minimum absolute atomic E-state index is 0.231. The summed E-state index contributed by atoms with van der Waals surface area (Å²) < 4.78 is 9.35. The molecule has 0 spiro atoms. The van der Waals surface area contributed by atoms with E-state index in [2.05, 4.69) is 25.6 Å². The molecule has 0 saturated heterocycles. The first-order valence-corrected chi connectivity index (χ1v) is 10.8. The molecule has 1 aromatic carbocycles. The first-order chi connectivity index (χ1) is 16.4. The fraction of sp³-hybridized carbons (Fsp3) is 0.160. The van der Waals surface area contributed by atoms with Gasteiger partial charge in [0, 0.05) is 23.6 Å². The lowest BCUT2D eigenvalue weighted by Gasteiger charge is -2.08. The molecule has 0 saturated carbocycles. The first-order valence-electron chi connectivity index (χ1n) is 10.8. The maximum atomic E-state index is 12.9. The molecule has 0 unspecified atom stereocenters. The van der Waals surface area contributed by atoms with Crippen molar-refractivity contribution in [3.8, 4) is 17.4 Å². The lowest BCUT2D eigenvalue weighted by molar-refractivity contribution is 0.102. The van der Waals surface area contributed by atoms with Gasteiger partial charge in [-0.15, -0.1) is 10.2 Å². The molecule has 4 aromatic heterocycles. The number of nitrogens with zero attached hydrogens (tertiary/aromatic N) is 6. The molecular weight excluding hydrogens is 430 g/mol. The molecule has 0 aliphatic carbocycles. The number of fused-ring (bicyclic) bond motifs is 1. The number of rotatable bonds is 5. The summed E-state index contributed by atoms with van der Waals surface area (Å²) in [7, 11) is 0. The second-order valence-electron chi connectivity index (χ2n) is 7.99. The molecule has 4 heterocycles. The van der Waals surface area contributed by atoms with E-state index in [9.17, 15) is 4.79 Å². The summed E-state index contributed by atoms with van der Waals surface area (Å²) in [6.07, 6.45) is 1.82. The topological polar surface area (TPSA) is 99.2 Å². The maximum Gasteiger partial charge on any atom is 0.274 e. The van der Waals surface area contributed by atoms with Gasteiger partial charge in [-0.25, -0.2) is 9.67 Å². The van der Waals surface area contributed by atoms with Crippen LogP contribution in [0.5, 0.6) is 11.6 Å². The van der Waals surface area contributed by atoms with E-state index >= 15 is 0 Å². The number of anilines is 1. The van der Waals surface area contributed by atoms with Crippen LogP contribution in [0.15, 0.2) is 60.8 Å². The number of imidazole rings is 1. The van der Waals surface area contributed by atoms with E-state index in [1.807, 2.05) is 58.2 Å². The van der Waals surface area contributed by atoms with Crippen LogP contribution >= 0.6 is 0 Å². The van der Waals surface area contributed by atoms with Crippen LogP contribution in [0.4, 0.5) is 5.69 Å². The van der Waals surface area contributed by atoms with Gasteiger partial charge in [0.15, 0.2) is 5.82 Å². The third-order valence-corrected chi connectivity index (χ3v) is 5.75. The number of carbonyl (C=O) groups excluding carboxylic acids is 1. The molecule has 5 rings (SSSR count). The summed E-state index contributed by atoms with van der Waals surface area (Å²) >= 11 is 0. The molecule has 0 aliphatic heterocycles. The van der Waals surface area contributed by atoms with Gasteiger partial charge in [0.05, 0.1) is 11.4 Å². The molecule has 9 nitrogen and oxygen atoms in total. The molecule has 9 heteroatoms. The van der Waals surface area contributed by atoms with Gasteiger partial charge in [-0.2, -0.15) is 5.10 Å². The quantitative estimate of drug-likeness (QED) is 0.418. The van der Waals surface area contributed by atoms with Crippen LogP contribution in [0, 0.1) is 27.7 Å². The van der Waals surface area contributed by atoms with Crippen molar-refractivity contribution in [2.24, 2.45) is 0 Å². The highest BCUT2D eigenvalue weighted by molar-refractivity contribution is 6.04. The van der Waals surface area contributed by atoms with Gasteiger partial charge in [-0.1, -0.05) is 6.07 Å². The van der Waals surface area contributed by atoms with E-state index in [0.29, 0.717) is 34.5 Å². The normalized spacial score (nSPS) is 11.1. The lowest BCUT2D eigenvalue weighted by Crippen LogP contribution is -2.15. The number of hydrogen-bond acceptors (Lipinski definition) is 6. The Kier molecular flexibility index (Phi) is 5.29. The van der Waals surface area contributed by atoms with Gasteiger partial charge in [-0.05, 0) is 75.7 Å². The van der Waals surface area contributed by atoms with Crippen LogP contribution in [0.25, 0.3) is 11.5 Å². The predicted molar refractivity (Wildman–Crippen MR) is 128 cm³/mol. The monoisotopic (exact) mass is 453 g/mol. The first kappa shape index (κ1) is 21.3. The number of aromatic nitrogens is 6. The SMILES string of the molecule is Cc1nn(-c2ccc(Oc3ccc(NC(=O)c4c(C)nc5ccccn45)cc3)nn2)c(C)c1C. The minimum atomic E-state index is -0.231. The average molecular weight is 454 g/mol. The molecule has 170 valence electrons. The van der Waals surface area contributed by atoms with Crippen LogP contribution in [-0.4, -0.2) is 35.3 Å². The summed E-state index contributed by atoms with van der Waals surface area (Å²) in [6, 6.07) is 16.2. The van der Waals surface area contributed by atoms with Crippen molar-refractivity contribution in [2.45, 2.75) is 27.7 Å². The number of benzene rings is 1. The van der Waals surface area contributed by atoms with Gasteiger partial charge in [0.1, 0.15) is 17.1 Å². The number of nitrogens with one attached hydrogen (secondary N) is 1. The minimum Gasteiger partial charge on any atom is -0.438 e. The second kappa shape index (κ2) is 8.43. The van der Waals surface area contributed by atoms with Crippen molar-refractivity contribution in [3.63, 3.8) is 0 Å². The van der Waals surface area contributed by atoms with Crippen molar-refractivity contribution in [3.05, 3.63) is 89.1 Å². The predicted octanol–water partition coefficient (Wildman–Crippen LogP) is 4.59. The largest absolute Gasteiger partial charge is 0.438 e. The van der Waals surface area contributed by atoms with E-state index in [-0.39, 0.29) is 5.91 Å². The third kappa shape index (κ3) is 3.88. The molecule has 1 amide bonds. The number of ether oxygens (including phenoxy) is 1. The van der Waals surface area contributed by atoms with Crippen molar-refractivity contribution in [1.82, 2.24) is 29.4 Å². The van der Waals surface area contributed by atoms with Crippen LogP contribution in [0.3, 0.4) is 0 Å². The summed E-state index contributed by atoms with van der Waals surface area (Å²) in [6.45, 7) is 7.82. The van der Waals surface area contributed by atoms with E-state index < -0.39 is 0 Å². The Morgan fingerprint density at radius 3 is 2.38 bits per heavy atom. The summed E-state index contributed by atoms with van der Waals surface area (Å²) in [5, 5.41) is 15.8. The van der Waals surface area contributed by atoms with Crippen LogP contribution in [0.1, 0.15) is 33.1 Å². The highest BCUT2D eigenvalue weighted by Gasteiger charge is 2.16. The molecule has 0 radical (unpaired) electrons. The zero-order chi connectivity index (χ0) is 23.8. The van der Waals surface area contributed by atoms with Crippen molar-refractivity contribution < 1.29 is 9.53 Å². The number of aryl methyl sites for hydroxylation is 2. The van der Waals surface area contributed by atoms with Crippen molar-refractivity contribution in [1.29, 1.82) is 0 Å². The molecule has 1 N–H and O–H groups in total. The summed E-state index contributed by atoms with van der Waals surface area (Å²) in [5.74, 6) is 1.33. The number of amides is 1. The molecule has 34 heavy (non-hydrogen) atoms. The third-order valence-electron chi connectivity index (χ3n) is 5.75. The standard InChI is InChI=1S/C25H23N7O2/c1-15-16(2)30-32(18(15)4)22-12-13-23(29-28-22)34-20-10-8-19(9-11-20)27-25(33)24-17(3)26-21-7-5-6-14-31(21)24/h5-14H,1-4H3,(H,27,33). The Hall–Kier alpha value is -4.53. The molecule has 0 fully saturated rings. The fourth-order valence-corrected chi connectivity index (χ4v) is 3.73. The summed E-state index contributed by atoms with van der Waals surface area (Å²) in [5.41, 5.74) is 5.66. The van der Waals surface area contributed by atoms with Crippen LogP contribution < -0.4 is 10.1 Å². The number of carbonyl (C=O) groups is 1. The zero-order valence-corrected chi connectivity index (χ0v) is 19.3. The Labute approximate surface area is 196 Å². The van der Waals surface area contributed by atoms with Crippen molar-refractivity contribution in [2.75, 3.05) is 5.32 Å². The highest BCUT2D eigenvalue weighted by atomic mass is 16.5. The highest BCUT2D eigenvalue weighted by Crippen LogP contribution is 2.23. The molecule has 0 aliphatic rings. The molecule has 0 atom stereocenters. The van der Waals surface area contributed by atoms with Crippen LogP contribution in [-0.2, 0) is 0 Å². The average Bonchev–Trinajstić information content (AvgIpc) is 3.31. The van der Waals surface area contributed by atoms with E-state index in [4.69, 9.17) is 4.74 Å². The second-order valence-corrected chi connectivity index (χ2v) is 7.99. The van der Waals surface area contributed by atoms with Gasteiger partial charge in [-0.3, -0.25) is 9.20 Å². The van der Waals surface area contributed by atoms with E-state index in [1.54, 1.807) is 39.4 Å². The Balaban J connectivity index is 1.27. The number of pyridine rings is 1. The maximum absolute atomic E-state index is 12.9. The molecule has 5 aromatic rings. The molecule has 0 bridgehead atoms. The van der Waals surface area contributed by atoms with Gasteiger partial charge in [0.2, 0.25) is 5.88 Å². The Morgan fingerprint density at radius 1 is 0.912 bits per heavy atom. The smallest absolute Gasteiger partial charge is 0.274 e. The Morgan fingerprint density at radius 2 is 1.71 bits per heavy atom.